The third-order valence-corrected chi connectivity index (χ3v) is 3.91. The highest BCUT2D eigenvalue weighted by Gasteiger charge is 2.13. The molecule has 18 heavy (non-hydrogen) atoms. The molecule has 0 radical (unpaired) electrons. The zero-order valence-electron chi connectivity index (χ0n) is 11.4. The second-order valence-corrected chi connectivity index (χ2v) is 5.88. The van der Waals surface area contributed by atoms with Crippen molar-refractivity contribution in [3.05, 3.63) is 51.5 Å². The molecule has 0 fully saturated rings. The molecule has 0 amide bonds. The smallest absolute Gasteiger partial charge is 0.0898 e. The van der Waals surface area contributed by atoms with Gasteiger partial charge in [-0.2, -0.15) is 0 Å². The fraction of sp³-hybridized carbons (Fsp3) is 0.400. The van der Waals surface area contributed by atoms with Crippen molar-refractivity contribution in [3.8, 4) is 0 Å². The van der Waals surface area contributed by atoms with Gasteiger partial charge in [0.1, 0.15) is 0 Å². The van der Waals surface area contributed by atoms with Crippen molar-refractivity contribution in [2.45, 2.75) is 39.8 Å². The predicted molar refractivity (Wildman–Crippen MR) is 78.0 cm³/mol. The van der Waals surface area contributed by atoms with Crippen molar-refractivity contribution in [2.24, 2.45) is 0 Å². The zero-order chi connectivity index (χ0) is 13.1. The number of hydrogen-bond donors (Lipinski definition) is 1. The summed E-state index contributed by atoms with van der Waals surface area (Å²) >= 11 is 1.71. The van der Waals surface area contributed by atoms with Gasteiger partial charge in [0.05, 0.1) is 10.7 Å². The SMILES string of the molecule is Cc1cccc([C@@H](C)NC(C)c2csc(C)n2)c1. The van der Waals surface area contributed by atoms with E-state index in [2.05, 4.69) is 60.7 Å². The maximum Gasteiger partial charge on any atom is 0.0898 e. The molecule has 0 aliphatic carbocycles. The van der Waals surface area contributed by atoms with Gasteiger partial charge < -0.3 is 5.32 Å². The third-order valence-electron chi connectivity index (χ3n) is 3.12. The minimum atomic E-state index is 0.283. The first-order valence-electron chi connectivity index (χ1n) is 6.31. The van der Waals surface area contributed by atoms with E-state index in [-0.39, 0.29) is 6.04 Å². The molecule has 0 spiro atoms. The summed E-state index contributed by atoms with van der Waals surface area (Å²) in [5.41, 5.74) is 3.77. The molecule has 0 aliphatic heterocycles. The second-order valence-electron chi connectivity index (χ2n) is 4.82. The van der Waals surface area contributed by atoms with Crippen LogP contribution in [0.2, 0.25) is 0 Å². The lowest BCUT2D eigenvalue weighted by Crippen LogP contribution is -2.22. The fourth-order valence-electron chi connectivity index (χ4n) is 2.08. The normalized spacial score (nSPS) is 14.4. The van der Waals surface area contributed by atoms with E-state index in [1.165, 1.54) is 11.1 Å². The van der Waals surface area contributed by atoms with E-state index in [4.69, 9.17) is 0 Å². The van der Waals surface area contributed by atoms with Crippen LogP contribution in [0, 0.1) is 13.8 Å². The Morgan fingerprint density at radius 2 is 1.94 bits per heavy atom. The lowest BCUT2D eigenvalue weighted by atomic mass is 10.0. The number of aryl methyl sites for hydroxylation is 2. The van der Waals surface area contributed by atoms with Gasteiger partial charge in [-0.1, -0.05) is 29.8 Å². The Kier molecular flexibility index (Phi) is 4.15. The molecule has 2 nitrogen and oxygen atoms in total. The summed E-state index contributed by atoms with van der Waals surface area (Å²) in [5, 5.41) is 6.86. The van der Waals surface area contributed by atoms with Crippen LogP contribution in [-0.4, -0.2) is 4.98 Å². The van der Waals surface area contributed by atoms with Crippen LogP contribution in [0.5, 0.6) is 0 Å². The molecule has 2 rings (SSSR count). The molecule has 1 heterocycles. The van der Waals surface area contributed by atoms with Crippen LogP contribution in [0.4, 0.5) is 0 Å². The summed E-state index contributed by atoms with van der Waals surface area (Å²) in [6.45, 7) is 8.54. The Morgan fingerprint density at radius 3 is 2.56 bits per heavy atom. The molecule has 1 aromatic heterocycles. The third kappa shape index (κ3) is 3.18. The quantitative estimate of drug-likeness (QED) is 0.892. The lowest BCUT2D eigenvalue weighted by Gasteiger charge is -2.19. The molecule has 0 aliphatic rings. The fourth-order valence-corrected chi connectivity index (χ4v) is 2.78. The molecule has 1 N–H and O–H groups in total. The Balaban J connectivity index is 2.05. The number of aromatic nitrogens is 1. The molecule has 0 saturated carbocycles. The number of rotatable bonds is 4. The van der Waals surface area contributed by atoms with Crippen LogP contribution in [0.3, 0.4) is 0 Å². The molecule has 0 bridgehead atoms. The minimum absolute atomic E-state index is 0.283. The number of nitrogens with one attached hydrogen (secondary N) is 1. The zero-order valence-corrected chi connectivity index (χ0v) is 12.2. The number of benzene rings is 1. The van der Waals surface area contributed by atoms with Crippen molar-refractivity contribution in [1.82, 2.24) is 10.3 Å². The van der Waals surface area contributed by atoms with Crippen LogP contribution in [0.15, 0.2) is 29.6 Å². The maximum absolute atomic E-state index is 4.53. The van der Waals surface area contributed by atoms with Crippen LogP contribution in [0.25, 0.3) is 0 Å². The van der Waals surface area contributed by atoms with Crippen molar-refractivity contribution in [1.29, 1.82) is 0 Å². The highest BCUT2D eigenvalue weighted by atomic mass is 32.1. The van der Waals surface area contributed by atoms with Crippen LogP contribution in [-0.2, 0) is 0 Å². The van der Waals surface area contributed by atoms with Crippen molar-refractivity contribution < 1.29 is 0 Å². The molecule has 3 heteroatoms. The van der Waals surface area contributed by atoms with Crippen LogP contribution < -0.4 is 5.32 Å². The maximum atomic E-state index is 4.53. The summed E-state index contributed by atoms with van der Waals surface area (Å²) in [6, 6.07) is 9.26. The summed E-state index contributed by atoms with van der Waals surface area (Å²) in [7, 11) is 0. The molecule has 2 atom stereocenters. The van der Waals surface area contributed by atoms with Gasteiger partial charge in [0, 0.05) is 17.5 Å². The van der Waals surface area contributed by atoms with E-state index >= 15 is 0 Å². The Hall–Kier alpha value is -1.19. The summed E-state index contributed by atoms with van der Waals surface area (Å²) in [4.78, 5) is 4.53. The molecule has 1 unspecified atom stereocenters. The van der Waals surface area contributed by atoms with Gasteiger partial charge in [0.25, 0.3) is 0 Å². The molecule has 1 aromatic carbocycles. The Bertz CT molecular complexity index is 519. The van der Waals surface area contributed by atoms with Gasteiger partial charge in [-0.05, 0) is 33.3 Å². The summed E-state index contributed by atoms with van der Waals surface area (Å²) in [5.74, 6) is 0. The van der Waals surface area contributed by atoms with Gasteiger partial charge in [-0.3, -0.25) is 0 Å². The predicted octanol–water partition coefficient (Wildman–Crippen LogP) is 4.17. The average Bonchev–Trinajstić information content (AvgIpc) is 2.76. The molecular formula is C15H20N2S. The van der Waals surface area contributed by atoms with Gasteiger partial charge in [0.15, 0.2) is 0 Å². The first-order valence-corrected chi connectivity index (χ1v) is 7.19. The van der Waals surface area contributed by atoms with Crippen LogP contribution in [0.1, 0.15) is 47.8 Å². The summed E-state index contributed by atoms with van der Waals surface area (Å²) in [6.07, 6.45) is 0. The number of nitrogens with zero attached hydrogens (tertiary/aromatic N) is 1. The van der Waals surface area contributed by atoms with E-state index in [1.54, 1.807) is 11.3 Å². The minimum Gasteiger partial charge on any atom is -0.302 e. The van der Waals surface area contributed by atoms with Gasteiger partial charge >= 0.3 is 0 Å². The first-order chi connectivity index (χ1) is 8.56. The molecular weight excluding hydrogens is 240 g/mol. The summed E-state index contributed by atoms with van der Waals surface area (Å²) < 4.78 is 0. The van der Waals surface area contributed by atoms with Crippen molar-refractivity contribution in [2.75, 3.05) is 0 Å². The van der Waals surface area contributed by atoms with Crippen LogP contribution >= 0.6 is 11.3 Å². The molecule has 0 saturated heterocycles. The average molecular weight is 260 g/mol. The van der Waals surface area contributed by atoms with E-state index in [1.807, 2.05) is 6.92 Å². The van der Waals surface area contributed by atoms with Gasteiger partial charge in [-0.25, -0.2) is 4.98 Å². The highest BCUT2D eigenvalue weighted by Crippen LogP contribution is 2.21. The standard InChI is InChI=1S/C15H20N2S/c1-10-6-5-7-14(8-10)11(2)16-12(3)15-9-18-13(4)17-15/h5-9,11-12,16H,1-4H3/t11-,12?/m1/s1. The van der Waals surface area contributed by atoms with Crippen molar-refractivity contribution >= 4 is 11.3 Å². The Morgan fingerprint density at radius 1 is 1.17 bits per heavy atom. The van der Waals surface area contributed by atoms with Crippen molar-refractivity contribution in [3.63, 3.8) is 0 Å². The lowest BCUT2D eigenvalue weighted by molar-refractivity contribution is 0.487. The van der Waals surface area contributed by atoms with E-state index in [0.717, 1.165) is 10.7 Å². The van der Waals surface area contributed by atoms with E-state index in [9.17, 15) is 0 Å². The van der Waals surface area contributed by atoms with E-state index in [0.29, 0.717) is 6.04 Å². The highest BCUT2D eigenvalue weighted by molar-refractivity contribution is 7.09. The first kappa shape index (κ1) is 13.2. The number of hydrogen-bond acceptors (Lipinski definition) is 3. The second kappa shape index (κ2) is 5.63. The molecule has 96 valence electrons. The monoisotopic (exact) mass is 260 g/mol. The topological polar surface area (TPSA) is 24.9 Å². The van der Waals surface area contributed by atoms with E-state index < -0.39 is 0 Å². The van der Waals surface area contributed by atoms with Gasteiger partial charge in [0.2, 0.25) is 0 Å². The molecule has 2 aromatic rings. The largest absolute Gasteiger partial charge is 0.302 e. The number of thiazole rings is 1. The Labute approximate surface area is 113 Å². The van der Waals surface area contributed by atoms with Gasteiger partial charge in [-0.15, -0.1) is 11.3 Å².